The van der Waals surface area contributed by atoms with Gasteiger partial charge in [-0.1, -0.05) is 116 Å². The van der Waals surface area contributed by atoms with Gasteiger partial charge in [0, 0.05) is 0 Å². The Labute approximate surface area is 209 Å². The van der Waals surface area contributed by atoms with E-state index in [0.717, 1.165) is 12.8 Å². The Bertz CT molecular complexity index is 745. The molecule has 0 unspecified atom stereocenters. The highest BCUT2D eigenvalue weighted by Crippen LogP contribution is 2.37. The number of ether oxygens (including phenoxy) is 1. The van der Waals surface area contributed by atoms with Gasteiger partial charge in [-0.05, 0) is 31.4 Å². The number of benzene rings is 1. The summed E-state index contributed by atoms with van der Waals surface area (Å²) in [5.41, 5.74) is 0.712. The second kappa shape index (κ2) is 19.0. The van der Waals surface area contributed by atoms with Crippen molar-refractivity contribution in [3.8, 4) is 11.5 Å². The number of hydrogen-bond acceptors (Lipinski definition) is 5. The predicted octanol–water partition coefficient (Wildman–Crippen LogP) is 8.46. The molecule has 6 heteroatoms. The number of unbranched alkanes of at least 4 members (excludes halogenated alkanes) is 15. The number of aromatic hydroxyl groups is 1. The molecule has 0 radical (unpaired) electrons. The van der Waals surface area contributed by atoms with Gasteiger partial charge in [0.1, 0.15) is 4.90 Å². The number of phenols is 1. The average Bonchev–Trinajstić information content (AvgIpc) is 2.81. The van der Waals surface area contributed by atoms with E-state index in [4.69, 9.17) is 8.92 Å². The van der Waals surface area contributed by atoms with Crippen LogP contribution in [0.1, 0.15) is 129 Å². The van der Waals surface area contributed by atoms with Crippen LogP contribution in [-0.4, -0.2) is 26.7 Å². The highest BCUT2D eigenvalue weighted by molar-refractivity contribution is 7.86. The molecule has 0 aromatic heterocycles. The molecule has 198 valence electrons. The fraction of sp³-hybridized carbons (Fsp3) is 0.786. The molecule has 1 rings (SSSR count). The SMILES string of the molecule is CCCCCCCCCCCCCCCCCCOc1c(C)ccc(S(=O)(=O)OCCC)c1O. The minimum Gasteiger partial charge on any atom is -0.503 e. The molecule has 1 N–H and O–H groups in total. The number of hydrogen-bond donors (Lipinski definition) is 1. The number of aryl methyl sites for hydroxylation is 1. The molecule has 0 saturated carbocycles. The number of phenolic OH excluding ortho intramolecular Hbond substituents is 1. The summed E-state index contributed by atoms with van der Waals surface area (Å²) < 4.78 is 35.2. The quantitative estimate of drug-likeness (QED) is 0.128. The minimum absolute atomic E-state index is 0.0883. The molecule has 1 aromatic rings. The van der Waals surface area contributed by atoms with Crippen molar-refractivity contribution >= 4 is 10.1 Å². The third kappa shape index (κ3) is 13.0. The summed E-state index contributed by atoms with van der Waals surface area (Å²) >= 11 is 0. The van der Waals surface area contributed by atoms with E-state index >= 15 is 0 Å². The first-order valence-corrected chi connectivity index (χ1v) is 15.2. The molecule has 0 amide bonds. The maximum Gasteiger partial charge on any atom is 0.300 e. The van der Waals surface area contributed by atoms with Crippen molar-refractivity contribution in [2.75, 3.05) is 13.2 Å². The fourth-order valence-electron chi connectivity index (χ4n) is 4.12. The Kier molecular flexibility index (Phi) is 17.2. The van der Waals surface area contributed by atoms with E-state index in [1.807, 2.05) is 6.92 Å². The second-order valence-electron chi connectivity index (χ2n) is 9.49. The van der Waals surface area contributed by atoms with E-state index < -0.39 is 10.1 Å². The van der Waals surface area contributed by atoms with E-state index in [1.165, 1.54) is 96.0 Å². The lowest BCUT2D eigenvalue weighted by atomic mass is 10.0. The summed E-state index contributed by atoms with van der Waals surface area (Å²) in [4.78, 5) is -0.228. The summed E-state index contributed by atoms with van der Waals surface area (Å²) in [6, 6.07) is 3.02. The summed E-state index contributed by atoms with van der Waals surface area (Å²) in [6.07, 6.45) is 21.5. The molecule has 0 atom stereocenters. The van der Waals surface area contributed by atoms with Gasteiger partial charge in [0.05, 0.1) is 13.2 Å². The summed E-state index contributed by atoms with van der Waals surface area (Å²) in [5, 5.41) is 10.5. The lowest BCUT2D eigenvalue weighted by molar-refractivity contribution is 0.281. The van der Waals surface area contributed by atoms with Crippen LogP contribution in [0.3, 0.4) is 0 Å². The van der Waals surface area contributed by atoms with Gasteiger partial charge in [-0.2, -0.15) is 8.42 Å². The average molecular weight is 499 g/mol. The topological polar surface area (TPSA) is 72.8 Å². The zero-order valence-electron chi connectivity index (χ0n) is 22.1. The van der Waals surface area contributed by atoms with E-state index in [9.17, 15) is 13.5 Å². The van der Waals surface area contributed by atoms with Crippen molar-refractivity contribution in [3.05, 3.63) is 17.7 Å². The van der Waals surface area contributed by atoms with Crippen molar-refractivity contribution in [1.82, 2.24) is 0 Å². The molecule has 0 bridgehead atoms. The van der Waals surface area contributed by atoms with Crippen LogP contribution in [0.5, 0.6) is 11.5 Å². The Hall–Kier alpha value is -1.27. The highest BCUT2D eigenvalue weighted by Gasteiger charge is 2.23. The minimum atomic E-state index is -3.98. The van der Waals surface area contributed by atoms with E-state index in [0.29, 0.717) is 18.6 Å². The first-order chi connectivity index (χ1) is 16.4. The number of rotatable bonds is 22. The Balaban J connectivity index is 2.11. The van der Waals surface area contributed by atoms with Crippen LogP contribution in [0.2, 0.25) is 0 Å². The zero-order chi connectivity index (χ0) is 25.1. The molecule has 0 heterocycles. The summed E-state index contributed by atoms with van der Waals surface area (Å²) in [7, 11) is -3.98. The van der Waals surface area contributed by atoms with Crippen LogP contribution in [0.15, 0.2) is 17.0 Å². The zero-order valence-corrected chi connectivity index (χ0v) is 22.9. The van der Waals surface area contributed by atoms with Crippen molar-refractivity contribution in [2.24, 2.45) is 0 Å². The predicted molar refractivity (Wildman–Crippen MR) is 141 cm³/mol. The monoisotopic (exact) mass is 498 g/mol. The molecule has 34 heavy (non-hydrogen) atoms. The normalized spacial score (nSPS) is 11.7. The Morgan fingerprint density at radius 2 is 1.15 bits per heavy atom. The lowest BCUT2D eigenvalue weighted by Crippen LogP contribution is -2.09. The smallest absolute Gasteiger partial charge is 0.300 e. The van der Waals surface area contributed by atoms with Gasteiger partial charge in [-0.3, -0.25) is 4.18 Å². The van der Waals surface area contributed by atoms with Crippen LogP contribution in [0.4, 0.5) is 0 Å². The fourth-order valence-corrected chi connectivity index (χ4v) is 5.20. The molecule has 0 spiro atoms. The molecule has 5 nitrogen and oxygen atoms in total. The molecular formula is C28H50O5S. The Morgan fingerprint density at radius 1 is 0.676 bits per heavy atom. The van der Waals surface area contributed by atoms with Crippen molar-refractivity contribution in [1.29, 1.82) is 0 Å². The van der Waals surface area contributed by atoms with Gasteiger partial charge in [-0.15, -0.1) is 0 Å². The van der Waals surface area contributed by atoms with Crippen LogP contribution < -0.4 is 4.74 Å². The highest BCUT2D eigenvalue weighted by atomic mass is 32.2. The van der Waals surface area contributed by atoms with Gasteiger partial charge in [0.2, 0.25) is 0 Å². The van der Waals surface area contributed by atoms with E-state index in [-0.39, 0.29) is 23.0 Å². The molecule has 1 aromatic carbocycles. The van der Waals surface area contributed by atoms with Crippen LogP contribution in [0, 0.1) is 6.92 Å². The molecule has 0 saturated heterocycles. The third-order valence-electron chi connectivity index (χ3n) is 6.25. The van der Waals surface area contributed by atoms with Crippen molar-refractivity contribution in [3.63, 3.8) is 0 Å². The van der Waals surface area contributed by atoms with Crippen molar-refractivity contribution in [2.45, 2.75) is 135 Å². The first kappa shape index (κ1) is 30.8. The molecule has 0 fully saturated rings. The lowest BCUT2D eigenvalue weighted by Gasteiger charge is -2.14. The van der Waals surface area contributed by atoms with Crippen LogP contribution >= 0.6 is 0 Å². The standard InChI is InChI=1S/C28H50O5S/c1-4-6-7-8-9-10-11-12-13-14-15-16-17-18-19-20-24-32-28-25(3)21-22-26(27(28)29)34(30,31)33-23-5-2/h21-22,29H,4-20,23-24H2,1-3H3. The van der Waals surface area contributed by atoms with Crippen molar-refractivity contribution < 1.29 is 22.4 Å². The van der Waals surface area contributed by atoms with Gasteiger partial charge < -0.3 is 9.84 Å². The molecular weight excluding hydrogens is 448 g/mol. The largest absolute Gasteiger partial charge is 0.503 e. The van der Waals surface area contributed by atoms with Crippen LogP contribution in [-0.2, 0) is 14.3 Å². The van der Waals surface area contributed by atoms with Gasteiger partial charge in [0.25, 0.3) is 0 Å². The van der Waals surface area contributed by atoms with Gasteiger partial charge in [0.15, 0.2) is 11.5 Å². The van der Waals surface area contributed by atoms with E-state index in [1.54, 1.807) is 13.0 Å². The second-order valence-corrected chi connectivity index (χ2v) is 11.1. The maximum atomic E-state index is 12.3. The van der Waals surface area contributed by atoms with E-state index in [2.05, 4.69) is 6.92 Å². The third-order valence-corrected chi connectivity index (χ3v) is 7.59. The van der Waals surface area contributed by atoms with Gasteiger partial charge in [-0.25, -0.2) is 0 Å². The molecule has 0 aliphatic carbocycles. The maximum absolute atomic E-state index is 12.3. The summed E-state index contributed by atoms with van der Waals surface area (Å²) in [6.45, 7) is 6.45. The molecule has 0 aliphatic rings. The van der Waals surface area contributed by atoms with Gasteiger partial charge >= 0.3 is 10.1 Å². The summed E-state index contributed by atoms with van der Waals surface area (Å²) in [5.74, 6) is -0.116. The van der Waals surface area contributed by atoms with Crippen LogP contribution in [0.25, 0.3) is 0 Å². The Morgan fingerprint density at radius 3 is 1.62 bits per heavy atom. The molecule has 0 aliphatic heterocycles. The first-order valence-electron chi connectivity index (χ1n) is 13.8.